The van der Waals surface area contributed by atoms with Gasteiger partial charge in [0.2, 0.25) is 0 Å². The van der Waals surface area contributed by atoms with E-state index in [1.165, 1.54) is 25.9 Å². The van der Waals surface area contributed by atoms with E-state index in [0.717, 1.165) is 12.5 Å². The second-order valence-electron chi connectivity index (χ2n) is 2.61. The van der Waals surface area contributed by atoms with Crippen molar-refractivity contribution in [1.82, 2.24) is 3.11 Å². The molecular weight excluding hydrogens is 227 g/mol. The van der Waals surface area contributed by atoms with Crippen LogP contribution in [0.25, 0.3) is 0 Å². The molecule has 1 heterocycles. The molecule has 0 aromatic heterocycles. The van der Waals surface area contributed by atoms with E-state index < -0.39 is 0 Å². The molecule has 1 rings (SSSR count). The summed E-state index contributed by atoms with van der Waals surface area (Å²) in [6.45, 7) is 3.30. The Hall–Kier alpha value is 0.650. The fourth-order valence-electron chi connectivity index (χ4n) is 1.21. The summed E-state index contributed by atoms with van der Waals surface area (Å²) in [5.74, 6) is 0.760. The fraction of sp³-hybridized carbons (Fsp3) is 1.00. The summed E-state index contributed by atoms with van der Waals surface area (Å²) >= 11 is 2.37. The lowest BCUT2D eigenvalue weighted by Crippen LogP contribution is -2.32. The van der Waals surface area contributed by atoms with Gasteiger partial charge in [0.25, 0.3) is 0 Å². The molecule has 0 amide bonds. The predicted octanol–water partition coefficient (Wildman–Crippen LogP) is 1.01. The van der Waals surface area contributed by atoms with Crippen LogP contribution in [0.3, 0.4) is 0 Å². The van der Waals surface area contributed by atoms with Crippen molar-refractivity contribution in [2.75, 3.05) is 19.6 Å². The van der Waals surface area contributed by atoms with Gasteiger partial charge < -0.3 is 5.73 Å². The molecule has 0 aliphatic carbocycles. The lowest BCUT2D eigenvalue weighted by molar-refractivity contribution is 0.309. The maximum atomic E-state index is 5.54. The average Bonchev–Trinajstić information content (AvgIpc) is 1.88. The van der Waals surface area contributed by atoms with E-state index in [1.54, 1.807) is 0 Å². The summed E-state index contributed by atoms with van der Waals surface area (Å²) in [4.78, 5) is 0. The zero-order valence-electron chi connectivity index (χ0n) is 5.52. The molecule has 0 unspecified atom stereocenters. The standard InChI is InChI=1S/C6H13IN2/c7-9-3-1-2-6(4-8)5-9/h6H,1-5,8H2/t6-/m0/s1. The van der Waals surface area contributed by atoms with Gasteiger partial charge in [-0.1, -0.05) is 0 Å². The van der Waals surface area contributed by atoms with Gasteiger partial charge in [0.05, 0.1) is 0 Å². The van der Waals surface area contributed by atoms with E-state index in [-0.39, 0.29) is 0 Å². The van der Waals surface area contributed by atoms with Crippen molar-refractivity contribution >= 4 is 22.9 Å². The lowest BCUT2D eigenvalue weighted by atomic mass is 10.0. The summed E-state index contributed by atoms with van der Waals surface area (Å²) in [6, 6.07) is 0. The summed E-state index contributed by atoms with van der Waals surface area (Å²) in [6.07, 6.45) is 2.65. The molecule has 1 fully saturated rings. The van der Waals surface area contributed by atoms with Gasteiger partial charge in [0.1, 0.15) is 0 Å². The van der Waals surface area contributed by atoms with Gasteiger partial charge in [0.15, 0.2) is 0 Å². The Bertz CT molecular complexity index is 87.1. The third-order valence-corrected chi connectivity index (χ3v) is 2.68. The first kappa shape index (κ1) is 7.75. The third-order valence-electron chi connectivity index (χ3n) is 1.80. The number of nitrogens with zero attached hydrogens (tertiary/aromatic N) is 1. The minimum absolute atomic E-state index is 0.760. The first-order chi connectivity index (χ1) is 4.33. The van der Waals surface area contributed by atoms with E-state index in [9.17, 15) is 0 Å². The minimum Gasteiger partial charge on any atom is -0.330 e. The molecule has 54 valence electrons. The quantitative estimate of drug-likeness (QED) is 0.547. The Morgan fingerprint density at radius 2 is 2.44 bits per heavy atom. The molecule has 0 aromatic rings. The van der Waals surface area contributed by atoms with Crippen LogP contribution in [-0.4, -0.2) is 22.7 Å². The summed E-state index contributed by atoms with van der Waals surface area (Å²) in [7, 11) is 0. The summed E-state index contributed by atoms with van der Waals surface area (Å²) < 4.78 is 2.33. The van der Waals surface area contributed by atoms with E-state index in [0.29, 0.717) is 0 Å². The summed E-state index contributed by atoms with van der Waals surface area (Å²) in [5.41, 5.74) is 5.54. The minimum atomic E-state index is 0.760. The molecular formula is C6H13IN2. The van der Waals surface area contributed by atoms with Crippen molar-refractivity contribution in [1.29, 1.82) is 0 Å². The maximum Gasteiger partial charge on any atom is 0.0201 e. The zero-order valence-corrected chi connectivity index (χ0v) is 7.67. The monoisotopic (exact) mass is 240 g/mol. The van der Waals surface area contributed by atoms with Crippen molar-refractivity contribution in [3.05, 3.63) is 0 Å². The molecule has 1 saturated heterocycles. The van der Waals surface area contributed by atoms with Gasteiger partial charge >= 0.3 is 0 Å². The number of halogens is 1. The van der Waals surface area contributed by atoms with E-state index in [4.69, 9.17) is 5.73 Å². The smallest absolute Gasteiger partial charge is 0.0201 e. The van der Waals surface area contributed by atoms with E-state index in [1.807, 2.05) is 0 Å². The number of piperidine rings is 1. The van der Waals surface area contributed by atoms with Gasteiger partial charge in [-0.15, -0.1) is 0 Å². The lowest BCUT2D eigenvalue weighted by Gasteiger charge is -2.26. The van der Waals surface area contributed by atoms with Gasteiger partial charge in [-0.25, -0.2) is 3.11 Å². The van der Waals surface area contributed by atoms with Gasteiger partial charge in [-0.2, -0.15) is 0 Å². The molecule has 0 spiro atoms. The van der Waals surface area contributed by atoms with Crippen molar-refractivity contribution < 1.29 is 0 Å². The van der Waals surface area contributed by atoms with Crippen LogP contribution in [0.5, 0.6) is 0 Å². The number of rotatable bonds is 1. The Labute approximate surface area is 70.3 Å². The molecule has 0 saturated carbocycles. The van der Waals surface area contributed by atoms with Crippen molar-refractivity contribution in [3.63, 3.8) is 0 Å². The molecule has 1 aliphatic rings. The molecule has 0 radical (unpaired) electrons. The average molecular weight is 240 g/mol. The Kier molecular flexibility index (Phi) is 3.21. The SMILES string of the molecule is NC[C@@H]1CCCN(I)C1. The first-order valence-corrected chi connectivity index (χ1v) is 4.40. The Morgan fingerprint density at radius 3 is 2.89 bits per heavy atom. The number of nitrogens with two attached hydrogens (primary N) is 1. The fourth-order valence-corrected chi connectivity index (χ4v) is 2.10. The van der Waals surface area contributed by atoms with Crippen LogP contribution < -0.4 is 5.73 Å². The number of hydrogen-bond acceptors (Lipinski definition) is 2. The number of hydrogen-bond donors (Lipinski definition) is 1. The van der Waals surface area contributed by atoms with Crippen LogP contribution in [0.2, 0.25) is 0 Å². The summed E-state index contributed by atoms with van der Waals surface area (Å²) in [5, 5.41) is 0. The zero-order chi connectivity index (χ0) is 6.69. The molecule has 3 heteroatoms. The first-order valence-electron chi connectivity index (χ1n) is 3.43. The maximum absolute atomic E-state index is 5.54. The molecule has 1 atom stereocenters. The van der Waals surface area contributed by atoms with Crippen LogP contribution >= 0.6 is 22.9 Å². The molecule has 2 nitrogen and oxygen atoms in total. The molecule has 0 aromatic carbocycles. The van der Waals surface area contributed by atoms with Gasteiger partial charge in [-0.3, -0.25) is 0 Å². The third kappa shape index (κ3) is 2.39. The highest BCUT2D eigenvalue weighted by Crippen LogP contribution is 2.17. The highest BCUT2D eigenvalue weighted by molar-refractivity contribution is 14.1. The van der Waals surface area contributed by atoms with Crippen LogP contribution in [0.1, 0.15) is 12.8 Å². The molecule has 1 aliphatic heterocycles. The Morgan fingerprint density at radius 1 is 1.67 bits per heavy atom. The van der Waals surface area contributed by atoms with E-state index >= 15 is 0 Å². The van der Waals surface area contributed by atoms with Gasteiger partial charge in [0, 0.05) is 36.0 Å². The van der Waals surface area contributed by atoms with Crippen LogP contribution in [-0.2, 0) is 0 Å². The highest BCUT2D eigenvalue weighted by atomic mass is 127. The van der Waals surface area contributed by atoms with Crippen molar-refractivity contribution in [2.45, 2.75) is 12.8 Å². The molecule has 0 bridgehead atoms. The van der Waals surface area contributed by atoms with Crippen LogP contribution in [0.15, 0.2) is 0 Å². The van der Waals surface area contributed by atoms with Gasteiger partial charge in [-0.05, 0) is 25.3 Å². The largest absolute Gasteiger partial charge is 0.330 e. The predicted molar refractivity (Wildman–Crippen MR) is 47.4 cm³/mol. The van der Waals surface area contributed by atoms with Crippen LogP contribution in [0.4, 0.5) is 0 Å². The van der Waals surface area contributed by atoms with Crippen molar-refractivity contribution in [3.8, 4) is 0 Å². The van der Waals surface area contributed by atoms with E-state index in [2.05, 4.69) is 26.0 Å². The van der Waals surface area contributed by atoms with Crippen molar-refractivity contribution in [2.24, 2.45) is 11.7 Å². The molecule has 2 N–H and O–H groups in total. The normalized spacial score (nSPS) is 30.7. The van der Waals surface area contributed by atoms with Crippen LogP contribution in [0, 0.1) is 5.92 Å². The second-order valence-corrected chi connectivity index (χ2v) is 3.98. The Balaban J connectivity index is 2.23. The second kappa shape index (κ2) is 3.73. The highest BCUT2D eigenvalue weighted by Gasteiger charge is 2.15. The molecule has 9 heavy (non-hydrogen) atoms. The topological polar surface area (TPSA) is 29.3 Å².